The van der Waals surface area contributed by atoms with Crippen LogP contribution in [-0.4, -0.2) is 12.7 Å². The smallest absolute Gasteiger partial charge is 0.344 e. The van der Waals surface area contributed by atoms with Gasteiger partial charge in [-0.1, -0.05) is 19.3 Å². The third-order valence-corrected chi connectivity index (χ3v) is 1.85. The van der Waals surface area contributed by atoms with Crippen LogP contribution >= 0.6 is 0 Å². The molecule has 1 saturated carbocycles. The lowest BCUT2D eigenvalue weighted by Gasteiger charge is -2.20. The van der Waals surface area contributed by atoms with Crippen LogP contribution in [-0.2, 0) is 4.74 Å². The average molecular weight is 169 g/mol. The van der Waals surface area contributed by atoms with Gasteiger partial charge in [0.15, 0.2) is 0 Å². The van der Waals surface area contributed by atoms with Gasteiger partial charge in [-0.25, -0.2) is 0 Å². The molecule has 0 aromatic heterocycles. The fourth-order valence-electron chi connectivity index (χ4n) is 1.35. The number of ether oxygens (including phenoxy) is 1. The summed E-state index contributed by atoms with van der Waals surface area (Å²) in [5, 5.41) is 0. The SMILES string of the molecule is FC(F)OC1CCCCC1.N.[HH]. The van der Waals surface area contributed by atoms with Gasteiger partial charge >= 0.3 is 6.61 Å². The summed E-state index contributed by atoms with van der Waals surface area (Å²) in [5.74, 6) is 0. The number of alkyl halides is 2. The molecule has 2 nitrogen and oxygen atoms in total. The third-order valence-electron chi connectivity index (χ3n) is 1.85. The van der Waals surface area contributed by atoms with Gasteiger partial charge in [-0.2, -0.15) is 8.78 Å². The molecule has 0 aromatic rings. The Morgan fingerprint density at radius 2 is 1.73 bits per heavy atom. The third kappa shape index (κ3) is 4.27. The maximum atomic E-state index is 11.6. The van der Waals surface area contributed by atoms with E-state index in [1.807, 2.05) is 0 Å². The fraction of sp³-hybridized carbons (Fsp3) is 1.00. The van der Waals surface area contributed by atoms with E-state index in [1.165, 1.54) is 6.42 Å². The van der Waals surface area contributed by atoms with Gasteiger partial charge in [0.05, 0.1) is 6.10 Å². The summed E-state index contributed by atoms with van der Waals surface area (Å²) in [7, 11) is 0. The summed E-state index contributed by atoms with van der Waals surface area (Å²) in [5.41, 5.74) is 0. The molecule has 0 atom stereocenters. The Bertz CT molecular complexity index is 99.4. The van der Waals surface area contributed by atoms with Crippen LogP contribution in [0.1, 0.15) is 33.5 Å². The van der Waals surface area contributed by atoms with Crippen molar-refractivity contribution in [3.8, 4) is 0 Å². The second kappa shape index (κ2) is 5.43. The van der Waals surface area contributed by atoms with Crippen LogP contribution in [0.3, 0.4) is 0 Å². The van der Waals surface area contributed by atoms with E-state index in [-0.39, 0.29) is 13.7 Å². The van der Waals surface area contributed by atoms with Crippen molar-refractivity contribution in [3.63, 3.8) is 0 Å². The van der Waals surface area contributed by atoms with Gasteiger partial charge in [0, 0.05) is 1.43 Å². The molecule has 0 bridgehead atoms. The Kier molecular flexibility index (Phi) is 5.32. The Balaban J connectivity index is 0. The zero-order valence-corrected chi connectivity index (χ0v) is 6.56. The Morgan fingerprint density at radius 1 is 1.18 bits per heavy atom. The molecule has 0 heterocycles. The van der Waals surface area contributed by atoms with E-state index < -0.39 is 6.61 Å². The van der Waals surface area contributed by atoms with Crippen LogP contribution in [0.25, 0.3) is 0 Å². The largest absolute Gasteiger partial charge is 0.345 e. The number of hydrogen-bond acceptors (Lipinski definition) is 2. The first-order valence-corrected chi connectivity index (χ1v) is 3.72. The lowest BCUT2D eigenvalue weighted by molar-refractivity contribution is -0.169. The van der Waals surface area contributed by atoms with Gasteiger partial charge in [0.2, 0.25) is 0 Å². The normalized spacial score (nSPS) is 19.9. The first kappa shape index (κ1) is 10.8. The first-order chi connectivity index (χ1) is 4.79. The maximum Gasteiger partial charge on any atom is 0.345 e. The van der Waals surface area contributed by atoms with Crippen molar-refractivity contribution < 1.29 is 14.9 Å². The molecule has 1 fully saturated rings. The van der Waals surface area contributed by atoms with E-state index in [1.54, 1.807) is 0 Å². The Hall–Kier alpha value is -0.220. The predicted molar refractivity (Wildman–Crippen MR) is 41.1 cm³/mol. The van der Waals surface area contributed by atoms with Gasteiger partial charge in [-0.3, -0.25) is 0 Å². The fourth-order valence-corrected chi connectivity index (χ4v) is 1.35. The highest BCUT2D eigenvalue weighted by molar-refractivity contribution is 4.64. The summed E-state index contributed by atoms with van der Waals surface area (Å²) in [6.07, 6.45) is 4.70. The van der Waals surface area contributed by atoms with E-state index in [0.717, 1.165) is 25.7 Å². The van der Waals surface area contributed by atoms with Gasteiger partial charge in [-0.05, 0) is 12.8 Å². The van der Waals surface area contributed by atoms with Gasteiger partial charge < -0.3 is 10.9 Å². The quantitative estimate of drug-likeness (QED) is 0.690. The molecule has 0 radical (unpaired) electrons. The zero-order valence-electron chi connectivity index (χ0n) is 6.56. The standard InChI is InChI=1S/C7H12F2O.H3N.H2/c8-7(9)10-6-4-2-1-3-5-6;;/h6-7H,1-5H2;1H3;1H. The number of rotatable bonds is 2. The van der Waals surface area contributed by atoms with Crippen molar-refractivity contribution in [2.75, 3.05) is 0 Å². The lowest BCUT2D eigenvalue weighted by Crippen LogP contribution is -2.19. The summed E-state index contributed by atoms with van der Waals surface area (Å²) in [6.45, 7) is -2.58. The molecule has 1 aliphatic carbocycles. The van der Waals surface area contributed by atoms with Crippen LogP contribution in [0.15, 0.2) is 0 Å². The maximum absolute atomic E-state index is 11.6. The molecule has 0 spiro atoms. The molecule has 3 N–H and O–H groups in total. The summed E-state index contributed by atoms with van der Waals surface area (Å²) in [4.78, 5) is 0. The van der Waals surface area contributed by atoms with Crippen molar-refractivity contribution in [3.05, 3.63) is 0 Å². The molecule has 4 heteroatoms. The Labute approximate surface area is 67.0 Å². The van der Waals surface area contributed by atoms with Gasteiger partial charge in [-0.15, -0.1) is 0 Å². The highest BCUT2D eigenvalue weighted by atomic mass is 19.3. The summed E-state index contributed by atoms with van der Waals surface area (Å²) in [6, 6.07) is 0. The van der Waals surface area contributed by atoms with Crippen molar-refractivity contribution in [2.24, 2.45) is 0 Å². The monoisotopic (exact) mass is 169 g/mol. The lowest BCUT2D eigenvalue weighted by atomic mass is 9.98. The molecule has 70 valence electrons. The van der Waals surface area contributed by atoms with Crippen LogP contribution in [0, 0.1) is 0 Å². The number of halogens is 2. The topological polar surface area (TPSA) is 44.2 Å². The first-order valence-electron chi connectivity index (χ1n) is 3.72. The zero-order chi connectivity index (χ0) is 7.40. The minimum absolute atomic E-state index is 0. The van der Waals surface area contributed by atoms with Gasteiger partial charge in [0.25, 0.3) is 0 Å². The highest BCUT2D eigenvalue weighted by Gasteiger charge is 2.17. The predicted octanol–water partition coefficient (Wildman–Crippen LogP) is 2.97. The highest BCUT2D eigenvalue weighted by Crippen LogP contribution is 2.21. The van der Waals surface area contributed by atoms with E-state index in [4.69, 9.17) is 0 Å². The van der Waals surface area contributed by atoms with E-state index in [9.17, 15) is 8.78 Å². The second-order valence-corrected chi connectivity index (χ2v) is 2.66. The molecular formula is C7H17F2NO. The molecule has 0 aromatic carbocycles. The van der Waals surface area contributed by atoms with Crippen molar-refractivity contribution in [1.82, 2.24) is 6.15 Å². The molecular weight excluding hydrogens is 152 g/mol. The second-order valence-electron chi connectivity index (χ2n) is 2.66. The molecule has 0 unspecified atom stereocenters. The molecule has 11 heavy (non-hydrogen) atoms. The average Bonchev–Trinajstić information content (AvgIpc) is 1.88. The van der Waals surface area contributed by atoms with E-state index >= 15 is 0 Å². The van der Waals surface area contributed by atoms with Crippen molar-refractivity contribution in [2.45, 2.75) is 44.8 Å². The molecule has 0 amide bonds. The van der Waals surface area contributed by atoms with Crippen LogP contribution in [0.2, 0.25) is 0 Å². The van der Waals surface area contributed by atoms with Crippen molar-refractivity contribution in [1.29, 1.82) is 0 Å². The van der Waals surface area contributed by atoms with Crippen LogP contribution in [0.4, 0.5) is 8.78 Å². The van der Waals surface area contributed by atoms with E-state index in [2.05, 4.69) is 4.74 Å². The molecule has 0 saturated heterocycles. The molecule has 1 rings (SSSR count). The number of hydrogen-bond donors (Lipinski definition) is 1. The molecule has 0 aliphatic heterocycles. The van der Waals surface area contributed by atoms with Crippen molar-refractivity contribution >= 4 is 0 Å². The Morgan fingerprint density at radius 3 is 2.18 bits per heavy atom. The van der Waals surface area contributed by atoms with Crippen LogP contribution < -0.4 is 6.15 Å². The van der Waals surface area contributed by atoms with E-state index in [0.29, 0.717) is 0 Å². The van der Waals surface area contributed by atoms with Gasteiger partial charge in [0.1, 0.15) is 0 Å². The molecule has 1 aliphatic rings. The summed E-state index contributed by atoms with van der Waals surface area (Å²) < 4.78 is 27.6. The minimum atomic E-state index is -2.58. The minimum Gasteiger partial charge on any atom is -0.344 e. The summed E-state index contributed by atoms with van der Waals surface area (Å²) >= 11 is 0. The van der Waals surface area contributed by atoms with Crippen LogP contribution in [0.5, 0.6) is 0 Å².